The van der Waals surface area contributed by atoms with E-state index in [0.29, 0.717) is 22.1 Å². The number of benzene rings is 2. The van der Waals surface area contributed by atoms with Gasteiger partial charge in [0.05, 0.1) is 6.04 Å². The van der Waals surface area contributed by atoms with Gasteiger partial charge in [-0.25, -0.2) is 0 Å². The molecule has 1 amide bonds. The van der Waals surface area contributed by atoms with E-state index in [1.807, 2.05) is 29.2 Å². The molecule has 23 heavy (non-hydrogen) atoms. The van der Waals surface area contributed by atoms with Gasteiger partial charge in [0.1, 0.15) is 0 Å². The van der Waals surface area contributed by atoms with E-state index < -0.39 is 0 Å². The Morgan fingerprint density at radius 2 is 1.96 bits per heavy atom. The summed E-state index contributed by atoms with van der Waals surface area (Å²) in [5, 5.41) is 0.711. The van der Waals surface area contributed by atoms with Crippen LogP contribution in [0, 0.1) is 0 Å². The van der Waals surface area contributed by atoms with Crippen LogP contribution in [-0.2, 0) is 0 Å². The molecule has 4 rings (SSSR count). The molecule has 0 unspecified atom stereocenters. The van der Waals surface area contributed by atoms with Gasteiger partial charge in [-0.1, -0.05) is 29.8 Å². The lowest BCUT2D eigenvalue weighted by atomic mass is 10.0. The van der Waals surface area contributed by atoms with Gasteiger partial charge in [0.2, 0.25) is 6.79 Å². The van der Waals surface area contributed by atoms with Crippen molar-refractivity contribution in [3.63, 3.8) is 0 Å². The maximum absolute atomic E-state index is 12.9. The van der Waals surface area contributed by atoms with Crippen LogP contribution >= 0.6 is 11.6 Å². The van der Waals surface area contributed by atoms with Gasteiger partial charge in [-0.2, -0.15) is 0 Å². The van der Waals surface area contributed by atoms with Crippen molar-refractivity contribution in [2.45, 2.75) is 18.9 Å². The maximum atomic E-state index is 12.9. The standard InChI is InChI=1S/C18H16ClNO3/c19-14-5-2-1-4-13(14)15-6-3-9-20(15)18(21)12-7-8-16-17(10-12)23-11-22-16/h1-2,4-5,7-8,10,15H,3,6,9,11H2/t15-/m0/s1. The smallest absolute Gasteiger partial charge is 0.254 e. The number of hydrogen-bond acceptors (Lipinski definition) is 3. The Morgan fingerprint density at radius 3 is 2.83 bits per heavy atom. The van der Waals surface area contributed by atoms with E-state index in [9.17, 15) is 4.79 Å². The van der Waals surface area contributed by atoms with Crippen LogP contribution in [0.5, 0.6) is 11.5 Å². The van der Waals surface area contributed by atoms with Gasteiger partial charge in [-0.3, -0.25) is 4.79 Å². The van der Waals surface area contributed by atoms with Crippen LogP contribution in [0.4, 0.5) is 0 Å². The number of halogens is 1. The van der Waals surface area contributed by atoms with Crippen molar-refractivity contribution in [1.29, 1.82) is 0 Å². The average molecular weight is 330 g/mol. The molecule has 0 radical (unpaired) electrons. The Bertz CT molecular complexity index is 762. The lowest BCUT2D eigenvalue weighted by molar-refractivity contribution is 0.0735. The van der Waals surface area contributed by atoms with Crippen molar-refractivity contribution in [1.82, 2.24) is 4.90 Å². The molecule has 0 aromatic heterocycles. The minimum Gasteiger partial charge on any atom is -0.454 e. The van der Waals surface area contributed by atoms with Crippen molar-refractivity contribution in [2.24, 2.45) is 0 Å². The average Bonchev–Trinajstić information content (AvgIpc) is 3.23. The van der Waals surface area contributed by atoms with Crippen LogP contribution < -0.4 is 9.47 Å². The zero-order valence-corrected chi connectivity index (χ0v) is 13.3. The van der Waals surface area contributed by atoms with Crippen molar-refractivity contribution < 1.29 is 14.3 Å². The molecule has 1 fully saturated rings. The Hall–Kier alpha value is -2.20. The SMILES string of the molecule is O=C(c1ccc2c(c1)OCO2)N1CCC[C@H]1c1ccccc1Cl. The van der Waals surface area contributed by atoms with E-state index in [1.54, 1.807) is 18.2 Å². The van der Waals surface area contributed by atoms with E-state index in [4.69, 9.17) is 21.1 Å². The van der Waals surface area contributed by atoms with Crippen LogP contribution in [0.1, 0.15) is 34.8 Å². The van der Waals surface area contributed by atoms with Crippen molar-refractivity contribution in [3.05, 3.63) is 58.6 Å². The Labute approximate surface area is 139 Å². The number of likely N-dealkylation sites (tertiary alicyclic amines) is 1. The molecule has 2 aliphatic heterocycles. The van der Waals surface area contributed by atoms with E-state index in [0.717, 1.165) is 24.9 Å². The van der Waals surface area contributed by atoms with E-state index >= 15 is 0 Å². The molecule has 5 heteroatoms. The molecule has 0 spiro atoms. The van der Waals surface area contributed by atoms with Crippen molar-refractivity contribution in [2.75, 3.05) is 13.3 Å². The molecule has 0 aliphatic carbocycles. The number of nitrogens with zero attached hydrogens (tertiary/aromatic N) is 1. The van der Waals surface area contributed by atoms with Crippen LogP contribution in [-0.4, -0.2) is 24.1 Å². The molecule has 4 nitrogen and oxygen atoms in total. The predicted molar refractivity (Wildman–Crippen MR) is 87.0 cm³/mol. The monoisotopic (exact) mass is 329 g/mol. The fourth-order valence-electron chi connectivity index (χ4n) is 3.27. The minimum absolute atomic E-state index is 0.00530. The highest BCUT2D eigenvalue weighted by atomic mass is 35.5. The molecular formula is C18H16ClNO3. The molecule has 2 heterocycles. The zero-order chi connectivity index (χ0) is 15.8. The maximum Gasteiger partial charge on any atom is 0.254 e. The summed E-state index contributed by atoms with van der Waals surface area (Å²) in [4.78, 5) is 14.8. The fraction of sp³-hybridized carbons (Fsp3) is 0.278. The van der Waals surface area contributed by atoms with Gasteiger partial charge < -0.3 is 14.4 Å². The van der Waals surface area contributed by atoms with Gasteiger partial charge in [-0.05, 0) is 42.7 Å². The molecule has 0 bridgehead atoms. The van der Waals surface area contributed by atoms with E-state index in [1.165, 1.54) is 0 Å². The Kier molecular flexibility index (Phi) is 3.62. The molecule has 2 aliphatic rings. The first-order valence-electron chi connectivity index (χ1n) is 7.69. The molecule has 118 valence electrons. The van der Waals surface area contributed by atoms with Gasteiger partial charge >= 0.3 is 0 Å². The second kappa shape index (κ2) is 5.78. The normalized spacial score (nSPS) is 19.2. The largest absolute Gasteiger partial charge is 0.454 e. The zero-order valence-electron chi connectivity index (χ0n) is 12.5. The number of hydrogen-bond donors (Lipinski definition) is 0. The molecule has 1 saturated heterocycles. The summed E-state index contributed by atoms with van der Waals surface area (Å²) >= 11 is 6.32. The summed E-state index contributed by atoms with van der Waals surface area (Å²) < 4.78 is 10.7. The third kappa shape index (κ3) is 2.53. The lowest BCUT2D eigenvalue weighted by Gasteiger charge is -2.26. The summed E-state index contributed by atoms with van der Waals surface area (Å²) in [6.07, 6.45) is 1.91. The van der Waals surface area contributed by atoms with Gasteiger partial charge in [-0.15, -0.1) is 0 Å². The number of carbonyl (C=O) groups is 1. The minimum atomic E-state index is 0.00530. The molecule has 2 aromatic rings. The van der Waals surface area contributed by atoms with Crippen LogP contribution in [0.15, 0.2) is 42.5 Å². The van der Waals surface area contributed by atoms with Crippen LogP contribution in [0.3, 0.4) is 0 Å². The van der Waals surface area contributed by atoms with E-state index in [2.05, 4.69) is 0 Å². The van der Waals surface area contributed by atoms with Crippen LogP contribution in [0.2, 0.25) is 5.02 Å². The highest BCUT2D eigenvalue weighted by Crippen LogP contribution is 2.38. The fourth-order valence-corrected chi connectivity index (χ4v) is 3.54. The van der Waals surface area contributed by atoms with Gasteiger partial charge in [0.25, 0.3) is 5.91 Å². The highest BCUT2D eigenvalue weighted by molar-refractivity contribution is 6.31. The second-order valence-electron chi connectivity index (χ2n) is 5.75. The first-order chi connectivity index (χ1) is 11.2. The van der Waals surface area contributed by atoms with E-state index in [-0.39, 0.29) is 18.7 Å². The quantitative estimate of drug-likeness (QED) is 0.834. The molecule has 0 N–H and O–H groups in total. The highest BCUT2D eigenvalue weighted by Gasteiger charge is 2.32. The lowest BCUT2D eigenvalue weighted by Crippen LogP contribution is -2.30. The number of ether oxygens (including phenoxy) is 2. The van der Waals surface area contributed by atoms with Gasteiger partial charge in [0.15, 0.2) is 11.5 Å². The van der Waals surface area contributed by atoms with Gasteiger partial charge in [0, 0.05) is 17.1 Å². The molecular weight excluding hydrogens is 314 g/mol. The molecule has 0 saturated carbocycles. The summed E-state index contributed by atoms with van der Waals surface area (Å²) in [7, 11) is 0. The predicted octanol–water partition coefficient (Wildman–Crippen LogP) is 4.05. The number of amides is 1. The van der Waals surface area contributed by atoms with Crippen LogP contribution in [0.25, 0.3) is 0 Å². The summed E-state index contributed by atoms with van der Waals surface area (Å²) in [5.41, 5.74) is 1.63. The number of rotatable bonds is 2. The summed E-state index contributed by atoms with van der Waals surface area (Å²) in [5.74, 6) is 1.32. The van der Waals surface area contributed by atoms with Crippen molar-refractivity contribution >= 4 is 17.5 Å². The Morgan fingerprint density at radius 1 is 1.13 bits per heavy atom. The third-order valence-electron chi connectivity index (χ3n) is 4.40. The Balaban J connectivity index is 1.64. The first-order valence-corrected chi connectivity index (χ1v) is 8.07. The third-order valence-corrected chi connectivity index (χ3v) is 4.74. The first kappa shape index (κ1) is 14.4. The number of fused-ring (bicyclic) bond motifs is 1. The molecule has 1 atom stereocenters. The summed E-state index contributed by atoms with van der Waals surface area (Å²) in [6, 6.07) is 13.1. The topological polar surface area (TPSA) is 38.8 Å². The number of carbonyl (C=O) groups excluding carboxylic acids is 1. The second-order valence-corrected chi connectivity index (χ2v) is 6.15. The summed E-state index contributed by atoms with van der Waals surface area (Å²) in [6.45, 7) is 0.947. The molecule has 2 aromatic carbocycles. The van der Waals surface area contributed by atoms with Crippen molar-refractivity contribution in [3.8, 4) is 11.5 Å².